The summed E-state index contributed by atoms with van der Waals surface area (Å²) in [6.45, 7) is 1.75. The molecule has 2 aromatic rings. The maximum atomic E-state index is 12.4. The van der Waals surface area contributed by atoms with Crippen LogP contribution in [0.5, 0.6) is 11.5 Å². The second kappa shape index (κ2) is 6.99. The van der Waals surface area contributed by atoms with Crippen molar-refractivity contribution in [3.8, 4) is 11.5 Å². The van der Waals surface area contributed by atoms with E-state index in [1.807, 2.05) is 0 Å². The highest BCUT2D eigenvalue weighted by atomic mass is 16.6. The Morgan fingerprint density at radius 2 is 2.08 bits per heavy atom. The lowest BCUT2D eigenvalue weighted by Gasteiger charge is -2.18. The van der Waals surface area contributed by atoms with Gasteiger partial charge >= 0.3 is 5.69 Å². The molecule has 1 heterocycles. The Labute approximate surface area is 138 Å². The number of aryl methyl sites for hydroxylation is 1. The number of hydrogen-bond acceptors (Lipinski definition) is 6. The van der Waals surface area contributed by atoms with Crippen LogP contribution in [0.4, 0.5) is 5.69 Å². The van der Waals surface area contributed by atoms with E-state index in [9.17, 15) is 14.9 Å². The van der Waals surface area contributed by atoms with Gasteiger partial charge in [0.2, 0.25) is 5.69 Å². The number of nitrogens with zero attached hydrogens (tertiary/aromatic N) is 3. The van der Waals surface area contributed by atoms with Gasteiger partial charge in [-0.1, -0.05) is 0 Å². The molecule has 1 N–H and O–H groups in total. The molecule has 0 spiro atoms. The Morgan fingerprint density at radius 1 is 1.38 bits per heavy atom. The highest BCUT2D eigenvalue weighted by molar-refractivity contribution is 5.96. The van der Waals surface area contributed by atoms with Crippen molar-refractivity contribution < 1.29 is 19.2 Å². The molecule has 0 aliphatic heterocycles. The van der Waals surface area contributed by atoms with Gasteiger partial charge in [0.15, 0.2) is 0 Å². The van der Waals surface area contributed by atoms with Crippen molar-refractivity contribution >= 4 is 11.6 Å². The van der Waals surface area contributed by atoms with Gasteiger partial charge < -0.3 is 14.8 Å². The first-order valence-corrected chi connectivity index (χ1v) is 7.08. The molecule has 1 unspecified atom stereocenters. The molecule has 1 aromatic carbocycles. The van der Waals surface area contributed by atoms with Gasteiger partial charge in [0, 0.05) is 12.6 Å². The summed E-state index contributed by atoms with van der Waals surface area (Å²) in [7, 11) is 4.53. The molecular weight excluding hydrogens is 316 g/mol. The number of nitro groups is 1. The van der Waals surface area contributed by atoms with Crippen molar-refractivity contribution in [3.05, 3.63) is 45.8 Å². The normalized spacial score (nSPS) is 11.7. The van der Waals surface area contributed by atoms with Crippen LogP contribution in [0, 0.1) is 10.1 Å². The van der Waals surface area contributed by atoms with E-state index < -0.39 is 16.9 Å². The Balaban J connectivity index is 2.30. The fourth-order valence-corrected chi connectivity index (χ4v) is 2.34. The number of hydrogen-bond donors (Lipinski definition) is 1. The van der Waals surface area contributed by atoms with E-state index in [1.165, 1.54) is 25.9 Å². The highest BCUT2D eigenvalue weighted by Gasteiger charge is 2.27. The topological polar surface area (TPSA) is 109 Å². The van der Waals surface area contributed by atoms with Gasteiger partial charge in [-0.2, -0.15) is 5.10 Å². The molecule has 9 heteroatoms. The Hall–Kier alpha value is -3.10. The average molecular weight is 334 g/mol. The molecule has 24 heavy (non-hydrogen) atoms. The van der Waals surface area contributed by atoms with Gasteiger partial charge in [0.25, 0.3) is 5.91 Å². The van der Waals surface area contributed by atoms with Crippen LogP contribution in [-0.2, 0) is 7.05 Å². The molecule has 1 aromatic heterocycles. The zero-order chi connectivity index (χ0) is 17.9. The summed E-state index contributed by atoms with van der Waals surface area (Å²) >= 11 is 0. The number of ether oxygens (including phenoxy) is 2. The molecule has 0 fully saturated rings. The maximum absolute atomic E-state index is 12.4. The molecule has 0 bridgehead atoms. The fraction of sp³-hybridized carbons (Fsp3) is 0.333. The van der Waals surface area contributed by atoms with Gasteiger partial charge in [-0.3, -0.25) is 19.6 Å². The fourth-order valence-electron chi connectivity index (χ4n) is 2.34. The van der Waals surface area contributed by atoms with Gasteiger partial charge in [-0.05, 0) is 25.1 Å². The molecule has 1 atom stereocenters. The first-order chi connectivity index (χ1) is 11.4. The number of nitrogens with one attached hydrogen (secondary N) is 1. The highest BCUT2D eigenvalue weighted by Crippen LogP contribution is 2.29. The Kier molecular flexibility index (Phi) is 5.02. The third-order valence-corrected chi connectivity index (χ3v) is 3.58. The van der Waals surface area contributed by atoms with E-state index in [1.54, 1.807) is 25.1 Å². The summed E-state index contributed by atoms with van der Waals surface area (Å²) in [6, 6.07) is 4.74. The second-order valence-electron chi connectivity index (χ2n) is 5.06. The molecule has 0 radical (unpaired) electrons. The van der Waals surface area contributed by atoms with Crippen molar-refractivity contribution in [2.24, 2.45) is 7.05 Å². The number of rotatable bonds is 6. The number of benzene rings is 1. The molecule has 0 aliphatic rings. The van der Waals surface area contributed by atoms with E-state index in [2.05, 4.69) is 10.4 Å². The van der Waals surface area contributed by atoms with Crippen LogP contribution in [0.2, 0.25) is 0 Å². The van der Waals surface area contributed by atoms with Crippen LogP contribution in [0.3, 0.4) is 0 Å². The smallest absolute Gasteiger partial charge is 0.320 e. The number of carbonyl (C=O) groups is 1. The largest absolute Gasteiger partial charge is 0.497 e. The Bertz CT molecular complexity index is 771. The quantitative estimate of drug-likeness (QED) is 0.638. The minimum absolute atomic E-state index is 0.117. The Morgan fingerprint density at radius 3 is 2.67 bits per heavy atom. The van der Waals surface area contributed by atoms with E-state index in [4.69, 9.17) is 9.47 Å². The van der Waals surface area contributed by atoms with Gasteiger partial charge in [-0.25, -0.2) is 0 Å². The van der Waals surface area contributed by atoms with Crippen LogP contribution in [0.1, 0.15) is 29.0 Å². The summed E-state index contributed by atoms with van der Waals surface area (Å²) in [5.41, 5.74) is 0.226. The summed E-state index contributed by atoms with van der Waals surface area (Å²) in [4.78, 5) is 22.8. The lowest BCUT2D eigenvalue weighted by molar-refractivity contribution is -0.385. The van der Waals surface area contributed by atoms with Crippen LogP contribution in [-0.4, -0.2) is 34.8 Å². The number of methoxy groups -OCH3 is 2. The minimum Gasteiger partial charge on any atom is -0.497 e. The predicted octanol–water partition coefficient (Wildman–Crippen LogP) is 1.84. The van der Waals surface area contributed by atoms with Crippen molar-refractivity contribution in [3.63, 3.8) is 0 Å². The van der Waals surface area contributed by atoms with E-state index in [0.29, 0.717) is 17.1 Å². The molecule has 2 rings (SSSR count). The lowest BCUT2D eigenvalue weighted by atomic mass is 10.1. The summed E-state index contributed by atoms with van der Waals surface area (Å²) in [6.07, 6.45) is 1.05. The molecule has 9 nitrogen and oxygen atoms in total. The zero-order valence-electron chi connectivity index (χ0n) is 13.8. The number of aromatic nitrogens is 2. The van der Waals surface area contributed by atoms with E-state index >= 15 is 0 Å². The molecule has 0 saturated heterocycles. The van der Waals surface area contributed by atoms with Crippen LogP contribution in [0.25, 0.3) is 0 Å². The van der Waals surface area contributed by atoms with Crippen LogP contribution < -0.4 is 14.8 Å². The number of amides is 1. The third-order valence-electron chi connectivity index (χ3n) is 3.58. The first kappa shape index (κ1) is 17.3. The van der Waals surface area contributed by atoms with Crippen molar-refractivity contribution in [1.29, 1.82) is 0 Å². The van der Waals surface area contributed by atoms with E-state index in [0.717, 1.165) is 6.20 Å². The monoisotopic (exact) mass is 334 g/mol. The van der Waals surface area contributed by atoms with Crippen molar-refractivity contribution in [1.82, 2.24) is 15.1 Å². The number of carbonyl (C=O) groups excluding carboxylic acids is 1. The van der Waals surface area contributed by atoms with Gasteiger partial charge in [-0.15, -0.1) is 0 Å². The standard InChI is InChI=1S/C15H18N4O5/c1-9(11-7-10(23-3)5-6-13(11)24-4)17-15(20)14-12(19(21)22)8-16-18(14)2/h5-9H,1-4H3,(H,17,20). The third kappa shape index (κ3) is 3.29. The molecule has 1 amide bonds. The van der Waals surface area contributed by atoms with Gasteiger partial charge in [0.1, 0.15) is 17.7 Å². The maximum Gasteiger partial charge on any atom is 0.320 e. The van der Waals surface area contributed by atoms with Crippen LogP contribution in [0.15, 0.2) is 24.4 Å². The minimum atomic E-state index is -0.640. The summed E-state index contributed by atoms with van der Waals surface area (Å²) in [5, 5.41) is 17.5. The van der Waals surface area contributed by atoms with Gasteiger partial charge in [0.05, 0.1) is 25.2 Å². The van der Waals surface area contributed by atoms with E-state index in [-0.39, 0.29) is 11.4 Å². The lowest BCUT2D eigenvalue weighted by Crippen LogP contribution is -2.29. The molecule has 128 valence electrons. The average Bonchev–Trinajstić information content (AvgIpc) is 2.96. The first-order valence-electron chi connectivity index (χ1n) is 7.08. The zero-order valence-corrected chi connectivity index (χ0v) is 13.8. The van der Waals surface area contributed by atoms with Crippen LogP contribution >= 0.6 is 0 Å². The van der Waals surface area contributed by atoms with Crippen molar-refractivity contribution in [2.75, 3.05) is 14.2 Å². The predicted molar refractivity (Wildman–Crippen MR) is 85.3 cm³/mol. The molecule has 0 saturated carbocycles. The second-order valence-corrected chi connectivity index (χ2v) is 5.06. The SMILES string of the molecule is COc1ccc(OC)c(C(C)NC(=O)c2c([N+](=O)[O-])cnn2C)c1. The molecule has 0 aliphatic carbocycles. The summed E-state index contributed by atoms with van der Waals surface area (Å²) in [5.74, 6) is 0.584. The summed E-state index contributed by atoms with van der Waals surface area (Å²) < 4.78 is 11.6. The molecular formula is C15H18N4O5. The van der Waals surface area contributed by atoms with Crippen molar-refractivity contribution in [2.45, 2.75) is 13.0 Å².